The van der Waals surface area contributed by atoms with Crippen molar-refractivity contribution in [2.45, 2.75) is 37.8 Å². The molecule has 184 valence electrons. The van der Waals surface area contributed by atoms with Crippen molar-refractivity contribution in [2.75, 3.05) is 12.4 Å². The molecule has 1 aliphatic rings. The zero-order chi connectivity index (χ0) is 25.2. The van der Waals surface area contributed by atoms with Crippen molar-refractivity contribution in [1.29, 1.82) is 0 Å². The molecule has 0 spiro atoms. The van der Waals surface area contributed by atoms with Crippen LogP contribution in [0.1, 0.15) is 47.7 Å². The molecule has 0 radical (unpaired) electrons. The van der Waals surface area contributed by atoms with Gasteiger partial charge in [0.25, 0.3) is 5.91 Å². The quantitative estimate of drug-likeness (QED) is 0.413. The molecule has 1 saturated carbocycles. The van der Waals surface area contributed by atoms with E-state index in [0.717, 1.165) is 12.1 Å². The molecule has 35 heavy (non-hydrogen) atoms. The van der Waals surface area contributed by atoms with Gasteiger partial charge in [-0.05, 0) is 48.9 Å². The number of hydrogen-bond donors (Lipinski definition) is 1. The highest BCUT2D eigenvalue weighted by Crippen LogP contribution is 2.45. The monoisotopic (exact) mass is 491 g/mol. The van der Waals surface area contributed by atoms with Crippen LogP contribution in [-0.4, -0.2) is 29.2 Å². The molecule has 5 nitrogen and oxygen atoms in total. The summed E-state index contributed by atoms with van der Waals surface area (Å²) in [6.45, 7) is 0. The number of nitrogens with zero attached hydrogens (tertiary/aromatic N) is 2. The predicted molar refractivity (Wildman–Crippen MR) is 119 cm³/mol. The minimum atomic E-state index is -4.27. The number of halogens is 5. The van der Waals surface area contributed by atoms with Crippen LogP contribution in [0.5, 0.6) is 5.75 Å². The molecule has 0 bridgehead atoms. The molecular formula is C25H22F5N3O2. The van der Waals surface area contributed by atoms with Crippen molar-refractivity contribution >= 4 is 11.6 Å². The Balaban J connectivity index is 1.59. The third-order valence-corrected chi connectivity index (χ3v) is 6.17. The minimum Gasteiger partial charge on any atom is -0.497 e. The number of carbonyl (C=O) groups excluding carboxylic acids is 1. The first-order valence-corrected chi connectivity index (χ1v) is 11.0. The number of anilines is 1. The van der Waals surface area contributed by atoms with E-state index in [1.807, 2.05) is 0 Å². The molecule has 0 unspecified atom stereocenters. The van der Waals surface area contributed by atoms with E-state index in [4.69, 9.17) is 4.74 Å². The first kappa shape index (κ1) is 24.6. The topological polar surface area (TPSA) is 64.1 Å². The lowest BCUT2D eigenvalue weighted by atomic mass is 9.77. The molecule has 2 heterocycles. The van der Waals surface area contributed by atoms with E-state index in [1.165, 1.54) is 37.7 Å². The summed E-state index contributed by atoms with van der Waals surface area (Å²) in [5.41, 5.74) is 0.207. The van der Waals surface area contributed by atoms with Gasteiger partial charge in [-0.3, -0.25) is 9.78 Å². The van der Waals surface area contributed by atoms with Crippen molar-refractivity contribution < 1.29 is 31.5 Å². The smallest absolute Gasteiger partial charge is 0.391 e. The molecule has 1 aliphatic carbocycles. The Hall–Kier alpha value is -3.56. The molecule has 1 aromatic carbocycles. The number of benzene rings is 1. The third kappa shape index (κ3) is 5.41. The largest absolute Gasteiger partial charge is 0.497 e. The Morgan fingerprint density at radius 1 is 1.11 bits per heavy atom. The van der Waals surface area contributed by atoms with Crippen LogP contribution in [0.3, 0.4) is 0 Å². The van der Waals surface area contributed by atoms with Crippen LogP contribution in [-0.2, 0) is 0 Å². The van der Waals surface area contributed by atoms with Crippen LogP contribution in [0.15, 0.2) is 48.8 Å². The Labute approximate surface area is 198 Å². The molecule has 1 N–H and O–H groups in total. The van der Waals surface area contributed by atoms with Crippen molar-refractivity contribution in [2.24, 2.45) is 5.92 Å². The van der Waals surface area contributed by atoms with Crippen LogP contribution in [0.2, 0.25) is 0 Å². The first-order chi connectivity index (χ1) is 16.7. The average molecular weight is 491 g/mol. The van der Waals surface area contributed by atoms with Gasteiger partial charge in [0.1, 0.15) is 23.1 Å². The van der Waals surface area contributed by atoms with Crippen LogP contribution in [0, 0.1) is 17.6 Å². The number of ether oxygens (including phenoxy) is 1. The highest BCUT2D eigenvalue weighted by Gasteiger charge is 2.42. The van der Waals surface area contributed by atoms with Gasteiger partial charge in [0.05, 0.1) is 36.2 Å². The van der Waals surface area contributed by atoms with Gasteiger partial charge in [0.2, 0.25) is 0 Å². The molecule has 4 rings (SSSR count). The Kier molecular flexibility index (Phi) is 7.00. The van der Waals surface area contributed by atoms with Crippen molar-refractivity contribution in [3.05, 3.63) is 71.7 Å². The summed E-state index contributed by atoms with van der Waals surface area (Å²) in [5, 5.41) is 2.65. The van der Waals surface area contributed by atoms with E-state index < -0.39 is 41.1 Å². The van der Waals surface area contributed by atoms with E-state index in [0.29, 0.717) is 18.4 Å². The number of carbonyl (C=O) groups is 1. The molecule has 3 aromatic rings. The second-order valence-electron chi connectivity index (χ2n) is 8.39. The molecule has 2 atom stereocenters. The molecule has 0 aliphatic heterocycles. The highest BCUT2D eigenvalue weighted by molar-refractivity contribution is 6.03. The summed E-state index contributed by atoms with van der Waals surface area (Å²) in [4.78, 5) is 21.0. The summed E-state index contributed by atoms with van der Waals surface area (Å²) in [5.74, 6) is -4.28. The van der Waals surface area contributed by atoms with Gasteiger partial charge in [-0.25, -0.2) is 13.8 Å². The maximum Gasteiger partial charge on any atom is 0.391 e. The molecule has 10 heteroatoms. The lowest BCUT2D eigenvalue weighted by molar-refractivity contribution is -0.183. The van der Waals surface area contributed by atoms with Gasteiger partial charge in [0, 0.05) is 18.3 Å². The van der Waals surface area contributed by atoms with Crippen LogP contribution < -0.4 is 10.1 Å². The van der Waals surface area contributed by atoms with E-state index in [1.54, 1.807) is 6.07 Å². The van der Waals surface area contributed by atoms with Gasteiger partial charge in [-0.15, -0.1) is 0 Å². The van der Waals surface area contributed by atoms with Gasteiger partial charge in [-0.2, -0.15) is 13.2 Å². The maximum atomic E-state index is 14.5. The number of pyridine rings is 2. The van der Waals surface area contributed by atoms with Crippen LogP contribution >= 0.6 is 0 Å². The van der Waals surface area contributed by atoms with Crippen molar-refractivity contribution in [3.8, 4) is 17.0 Å². The zero-order valence-electron chi connectivity index (χ0n) is 18.7. The number of aromatic nitrogens is 2. The minimum absolute atomic E-state index is 0.00257. The van der Waals surface area contributed by atoms with Gasteiger partial charge < -0.3 is 10.1 Å². The van der Waals surface area contributed by atoms with Gasteiger partial charge in [0.15, 0.2) is 0 Å². The van der Waals surface area contributed by atoms with E-state index in [9.17, 15) is 26.7 Å². The summed E-state index contributed by atoms with van der Waals surface area (Å²) in [6, 6.07) is 7.78. The fourth-order valence-electron chi connectivity index (χ4n) is 4.43. The Bertz CT molecular complexity index is 1210. The summed E-state index contributed by atoms with van der Waals surface area (Å²) >= 11 is 0. The van der Waals surface area contributed by atoms with E-state index in [2.05, 4.69) is 15.3 Å². The lowest BCUT2D eigenvalue weighted by Gasteiger charge is -2.31. The molecule has 1 amide bonds. The SMILES string of the molecule is COc1cc(F)c(-c2cccc(C(=O)Nc3cnccc3[C@H]3CCC[C@@H](C(F)(F)F)C3)n2)c(F)c1. The second kappa shape index (κ2) is 9.97. The number of hydrogen-bond acceptors (Lipinski definition) is 4. The standard InChI is InChI=1S/C25H22F5N3O2/c1-35-16-11-18(26)23(19(27)12-16)20-6-3-7-21(32-20)24(34)33-22-13-31-9-8-17(22)14-4-2-5-15(10-14)25(28,29)30/h3,6-9,11-15H,2,4-5,10H2,1H3,(H,33,34)/t14-,15+/m0/s1. The fourth-order valence-corrected chi connectivity index (χ4v) is 4.43. The third-order valence-electron chi connectivity index (χ3n) is 6.17. The van der Waals surface area contributed by atoms with E-state index in [-0.39, 0.29) is 35.7 Å². The van der Waals surface area contributed by atoms with Gasteiger partial charge in [-0.1, -0.05) is 12.5 Å². The zero-order valence-corrected chi connectivity index (χ0v) is 18.7. The van der Waals surface area contributed by atoms with E-state index >= 15 is 0 Å². The summed E-state index contributed by atoms with van der Waals surface area (Å²) in [7, 11) is 1.28. The predicted octanol–water partition coefficient (Wildman–Crippen LogP) is 6.52. The average Bonchev–Trinajstić information content (AvgIpc) is 2.83. The summed E-state index contributed by atoms with van der Waals surface area (Å²) in [6.07, 6.45) is -0.433. The lowest BCUT2D eigenvalue weighted by Crippen LogP contribution is -2.28. The first-order valence-electron chi connectivity index (χ1n) is 11.0. The number of alkyl halides is 3. The molecule has 0 saturated heterocycles. The maximum absolute atomic E-state index is 14.5. The van der Waals surface area contributed by atoms with Crippen LogP contribution in [0.4, 0.5) is 27.6 Å². The number of rotatable bonds is 5. The van der Waals surface area contributed by atoms with Crippen molar-refractivity contribution in [1.82, 2.24) is 9.97 Å². The number of methoxy groups -OCH3 is 1. The van der Waals surface area contributed by atoms with Gasteiger partial charge >= 0.3 is 6.18 Å². The molecule has 2 aromatic heterocycles. The fraction of sp³-hybridized carbons (Fsp3) is 0.320. The summed E-state index contributed by atoms with van der Waals surface area (Å²) < 4.78 is 73.7. The highest BCUT2D eigenvalue weighted by atomic mass is 19.4. The normalized spacial score (nSPS) is 18.2. The second-order valence-corrected chi connectivity index (χ2v) is 8.39. The van der Waals surface area contributed by atoms with Crippen molar-refractivity contribution in [3.63, 3.8) is 0 Å². The molecular weight excluding hydrogens is 469 g/mol. The number of nitrogens with one attached hydrogen (secondary N) is 1. The Morgan fingerprint density at radius 3 is 2.54 bits per heavy atom. The molecule has 1 fully saturated rings. The number of amides is 1. The Morgan fingerprint density at radius 2 is 1.86 bits per heavy atom. The van der Waals surface area contributed by atoms with Crippen LogP contribution in [0.25, 0.3) is 11.3 Å².